The molecule has 0 fully saturated rings. The van der Waals surface area contributed by atoms with Gasteiger partial charge in [0.25, 0.3) is 0 Å². The Bertz CT molecular complexity index is 527. The second kappa shape index (κ2) is 5.91. The molecule has 1 atom stereocenters. The minimum absolute atomic E-state index is 0.0525. The van der Waals surface area contributed by atoms with E-state index in [0.29, 0.717) is 5.56 Å². The van der Waals surface area contributed by atoms with Crippen LogP contribution in [0.15, 0.2) is 53.4 Å². The van der Waals surface area contributed by atoms with Gasteiger partial charge in [0.1, 0.15) is 5.82 Å². The highest BCUT2D eigenvalue weighted by Gasteiger charge is 2.09. The smallest absolute Gasteiger partial charge is 0.128 e. The van der Waals surface area contributed by atoms with E-state index in [2.05, 4.69) is 17.4 Å². The summed E-state index contributed by atoms with van der Waals surface area (Å²) in [5.74, 6) is -0.168. The lowest BCUT2D eigenvalue weighted by Gasteiger charge is -2.16. The quantitative estimate of drug-likeness (QED) is 0.799. The second-order valence-electron chi connectivity index (χ2n) is 4.12. The van der Waals surface area contributed by atoms with Gasteiger partial charge in [0, 0.05) is 16.1 Å². The predicted molar refractivity (Wildman–Crippen MR) is 76.7 cm³/mol. The van der Waals surface area contributed by atoms with Crippen molar-refractivity contribution in [1.82, 2.24) is 0 Å². The Morgan fingerprint density at radius 1 is 1.11 bits per heavy atom. The molecule has 18 heavy (non-hydrogen) atoms. The number of benzene rings is 2. The highest BCUT2D eigenvalue weighted by molar-refractivity contribution is 7.98. The number of anilines is 1. The fraction of sp³-hybridized carbons (Fsp3) is 0.200. The summed E-state index contributed by atoms with van der Waals surface area (Å²) in [5.41, 5.74) is 1.70. The van der Waals surface area contributed by atoms with Crippen molar-refractivity contribution in [3.05, 3.63) is 59.9 Å². The minimum atomic E-state index is -0.168. The van der Waals surface area contributed by atoms with Crippen molar-refractivity contribution in [2.45, 2.75) is 17.9 Å². The highest BCUT2D eigenvalue weighted by Crippen LogP contribution is 2.24. The van der Waals surface area contributed by atoms with Gasteiger partial charge >= 0.3 is 0 Å². The van der Waals surface area contributed by atoms with Crippen molar-refractivity contribution >= 4 is 17.4 Å². The third kappa shape index (κ3) is 3.05. The topological polar surface area (TPSA) is 12.0 Å². The minimum Gasteiger partial charge on any atom is -0.378 e. The molecule has 0 aliphatic heterocycles. The van der Waals surface area contributed by atoms with Gasteiger partial charge in [0.2, 0.25) is 0 Å². The lowest BCUT2D eigenvalue weighted by atomic mass is 10.1. The van der Waals surface area contributed by atoms with Crippen LogP contribution in [-0.4, -0.2) is 6.26 Å². The summed E-state index contributed by atoms with van der Waals surface area (Å²) in [6.45, 7) is 1.96. The first-order valence-corrected chi connectivity index (χ1v) is 7.08. The molecule has 0 spiro atoms. The van der Waals surface area contributed by atoms with Crippen LogP contribution < -0.4 is 5.32 Å². The van der Waals surface area contributed by atoms with E-state index in [9.17, 15) is 4.39 Å². The summed E-state index contributed by atoms with van der Waals surface area (Å²) >= 11 is 1.69. The van der Waals surface area contributed by atoms with Crippen LogP contribution in [0.5, 0.6) is 0 Å². The average molecular weight is 261 g/mol. The summed E-state index contributed by atoms with van der Waals surface area (Å²) in [7, 11) is 0. The van der Waals surface area contributed by atoms with E-state index in [1.54, 1.807) is 17.8 Å². The van der Waals surface area contributed by atoms with E-state index in [-0.39, 0.29) is 11.9 Å². The Balaban J connectivity index is 2.16. The molecular weight excluding hydrogens is 245 g/mol. The van der Waals surface area contributed by atoms with Gasteiger partial charge in [-0.25, -0.2) is 4.39 Å². The van der Waals surface area contributed by atoms with Crippen molar-refractivity contribution < 1.29 is 4.39 Å². The highest BCUT2D eigenvalue weighted by atomic mass is 32.2. The van der Waals surface area contributed by atoms with Gasteiger partial charge in [0.15, 0.2) is 0 Å². The van der Waals surface area contributed by atoms with Crippen molar-refractivity contribution in [1.29, 1.82) is 0 Å². The molecule has 94 valence electrons. The molecule has 0 saturated carbocycles. The summed E-state index contributed by atoms with van der Waals surface area (Å²) in [6, 6.07) is 14.9. The molecule has 0 heterocycles. The van der Waals surface area contributed by atoms with Crippen molar-refractivity contribution in [3.63, 3.8) is 0 Å². The third-order valence-electron chi connectivity index (χ3n) is 2.82. The van der Waals surface area contributed by atoms with Gasteiger partial charge in [-0.05, 0) is 37.4 Å². The normalized spacial score (nSPS) is 12.2. The molecule has 0 bridgehead atoms. The Labute approximate surface area is 111 Å². The van der Waals surface area contributed by atoms with Crippen LogP contribution in [0.3, 0.4) is 0 Å². The molecule has 3 heteroatoms. The average Bonchev–Trinajstić information content (AvgIpc) is 2.39. The van der Waals surface area contributed by atoms with Gasteiger partial charge in [-0.1, -0.05) is 24.3 Å². The summed E-state index contributed by atoms with van der Waals surface area (Å²) in [4.78, 5) is 1.20. The fourth-order valence-electron chi connectivity index (χ4n) is 1.87. The zero-order valence-corrected chi connectivity index (χ0v) is 11.3. The molecule has 2 rings (SSSR count). The Morgan fingerprint density at radius 2 is 1.89 bits per heavy atom. The molecule has 0 aliphatic carbocycles. The molecule has 0 radical (unpaired) electrons. The summed E-state index contributed by atoms with van der Waals surface area (Å²) in [5, 5.41) is 3.32. The molecule has 0 saturated heterocycles. The second-order valence-corrected chi connectivity index (χ2v) is 5.00. The van der Waals surface area contributed by atoms with Gasteiger partial charge in [-0.3, -0.25) is 0 Å². The van der Waals surface area contributed by atoms with Crippen LogP contribution in [0, 0.1) is 5.82 Å². The summed E-state index contributed by atoms with van der Waals surface area (Å²) < 4.78 is 13.6. The van der Waals surface area contributed by atoms with E-state index < -0.39 is 0 Å². The molecule has 2 aromatic rings. The number of nitrogens with one attached hydrogen (secondary N) is 1. The van der Waals surface area contributed by atoms with Crippen LogP contribution in [0.2, 0.25) is 0 Å². The molecule has 1 N–H and O–H groups in total. The van der Waals surface area contributed by atoms with Crippen LogP contribution in [-0.2, 0) is 0 Å². The molecule has 0 amide bonds. The van der Waals surface area contributed by atoms with Gasteiger partial charge in [0.05, 0.1) is 6.04 Å². The Kier molecular flexibility index (Phi) is 4.26. The lowest BCUT2D eigenvalue weighted by molar-refractivity contribution is 0.600. The first-order valence-electron chi connectivity index (χ1n) is 5.85. The van der Waals surface area contributed by atoms with Crippen molar-refractivity contribution in [2.24, 2.45) is 0 Å². The van der Waals surface area contributed by atoms with Crippen LogP contribution in [0.25, 0.3) is 0 Å². The predicted octanol–water partition coefficient (Wildman–Crippen LogP) is 4.72. The maximum Gasteiger partial charge on any atom is 0.128 e. The largest absolute Gasteiger partial charge is 0.378 e. The number of hydrogen-bond acceptors (Lipinski definition) is 2. The van der Waals surface area contributed by atoms with Gasteiger partial charge in [-0.15, -0.1) is 11.8 Å². The monoisotopic (exact) mass is 261 g/mol. The standard InChI is InChI=1S/C15H16FNS/c1-11(14-8-3-4-9-15(14)16)17-12-6-5-7-13(10-12)18-2/h3-11,17H,1-2H3. The Morgan fingerprint density at radius 3 is 2.61 bits per heavy atom. The number of halogens is 1. The van der Waals surface area contributed by atoms with Crippen LogP contribution in [0.4, 0.5) is 10.1 Å². The summed E-state index contributed by atoms with van der Waals surface area (Å²) in [6.07, 6.45) is 2.04. The maximum absolute atomic E-state index is 13.6. The fourth-order valence-corrected chi connectivity index (χ4v) is 2.33. The number of thioether (sulfide) groups is 1. The molecule has 2 aromatic carbocycles. The first-order chi connectivity index (χ1) is 8.70. The van der Waals surface area contributed by atoms with E-state index in [1.165, 1.54) is 11.0 Å². The van der Waals surface area contributed by atoms with Crippen LogP contribution >= 0.6 is 11.8 Å². The van der Waals surface area contributed by atoms with E-state index in [0.717, 1.165) is 5.69 Å². The molecule has 1 nitrogen and oxygen atoms in total. The van der Waals surface area contributed by atoms with Gasteiger partial charge < -0.3 is 5.32 Å². The van der Waals surface area contributed by atoms with E-state index in [1.807, 2.05) is 37.4 Å². The molecule has 0 aliphatic rings. The maximum atomic E-state index is 13.6. The number of hydrogen-bond donors (Lipinski definition) is 1. The zero-order valence-electron chi connectivity index (χ0n) is 10.5. The molecular formula is C15H16FNS. The van der Waals surface area contributed by atoms with Gasteiger partial charge in [-0.2, -0.15) is 0 Å². The van der Waals surface area contributed by atoms with E-state index in [4.69, 9.17) is 0 Å². The van der Waals surface area contributed by atoms with E-state index >= 15 is 0 Å². The Hall–Kier alpha value is -1.48. The lowest BCUT2D eigenvalue weighted by Crippen LogP contribution is -2.08. The molecule has 0 aromatic heterocycles. The van der Waals surface area contributed by atoms with Crippen LogP contribution in [0.1, 0.15) is 18.5 Å². The van der Waals surface area contributed by atoms with Crippen molar-refractivity contribution in [2.75, 3.05) is 11.6 Å². The number of rotatable bonds is 4. The zero-order chi connectivity index (χ0) is 13.0. The first kappa shape index (κ1) is 13.0. The van der Waals surface area contributed by atoms with Crippen molar-refractivity contribution in [3.8, 4) is 0 Å². The SMILES string of the molecule is CSc1cccc(NC(C)c2ccccc2F)c1. The third-order valence-corrected chi connectivity index (χ3v) is 3.55. The molecule has 1 unspecified atom stereocenters.